The molecule has 0 amide bonds. The van der Waals surface area contributed by atoms with Gasteiger partial charge in [-0.1, -0.05) is 5.57 Å². The van der Waals surface area contributed by atoms with Gasteiger partial charge in [0.1, 0.15) is 5.75 Å². The van der Waals surface area contributed by atoms with Crippen LogP contribution in [0.3, 0.4) is 0 Å². The smallest absolute Gasteiger partial charge is 0.308 e. The summed E-state index contributed by atoms with van der Waals surface area (Å²) in [6.07, 6.45) is 1.56. The van der Waals surface area contributed by atoms with E-state index >= 15 is 0 Å². The second-order valence-corrected chi connectivity index (χ2v) is 4.37. The van der Waals surface area contributed by atoms with Crippen molar-refractivity contribution in [1.29, 1.82) is 0 Å². The number of hydrogen-bond donors (Lipinski definition) is 0. The molecule has 0 saturated heterocycles. The second-order valence-electron chi connectivity index (χ2n) is 4.37. The van der Waals surface area contributed by atoms with Gasteiger partial charge in [-0.25, -0.2) is 0 Å². The van der Waals surface area contributed by atoms with Crippen molar-refractivity contribution < 1.29 is 19.0 Å². The first-order valence-electron chi connectivity index (χ1n) is 6.05. The maximum atomic E-state index is 11.1. The lowest BCUT2D eigenvalue weighted by Gasteiger charge is -2.14. The second kappa shape index (κ2) is 6.83. The van der Waals surface area contributed by atoms with E-state index in [2.05, 4.69) is 6.58 Å². The molecule has 0 spiro atoms. The van der Waals surface area contributed by atoms with Gasteiger partial charge in [-0.2, -0.15) is 0 Å². The van der Waals surface area contributed by atoms with Crippen LogP contribution in [0.15, 0.2) is 24.3 Å². The van der Waals surface area contributed by atoms with Crippen molar-refractivity contribution in [2.75, 3.05) is 14.2 Å². The van der Waals surface area contributed by atoms with E-state index in [1.807, 2.05) is 13.0 Å². The van der Waals surface area contributed by atoms with Crippen LogP contribution in [0.5, 0.6) is 17.2 Å². The summed E-state index contributed by atoms with van der Waals surface area (Å²) in [6, 6.07) is 3.51. The van der Waals surface area contributed by atoms with Crippen LogP contribution in [-0.2, 0) is 11.2 Å². The molecule has 0 atom stereocenters. The molecule has 4 nitrogen and oxygen atoms in total. The first-order chi connectivity index (χ1) is 8.97. The number of methoxy groups -OCH3 is 2. The Balaban J connectivity index is 3.14. The fourth-order valence-corrected chi connectivity index (χ4v) is 1.70. The molecule has 0 aliphatic carbocycles. The predicted octanol–water partition coefficient (Wildman–Crippen LogP) is 3.14. The highest BCUT2D eigenvalue weighted by Crippen LogP contribution is 2.35. The van der Waals surface area contributed by atoms with Gasteiger partial charge in [-0.15, -0.1) is 6.58 Å². The van der Waals surface area contributed by atoms with E-state index in [0.29, 0.717) is 17.2 Å². The molecule has 19 heavy (non-hydrogen) atoms. The molecule has 0 radical (unpaired) electrons. The molecule has 0 bridgehead atoms. The number of rotatable bonds is 6. The lowest BCUT2D eigenvalue weighted by atomic mass is 10.0. The van der Waals surface area contributed by atoms with Gasteiger partial charge in [0.05, 0.1) is 14.2 Å². The number of benzene rings is 1. The number of hydrogen-bond acceptors (Lipinski definition) is 4. The van der Waals surface area contributed by atoms with E-state index in [1.165, 1.54) is 6.92 Å². The van der Waals surface area contributed by atoms with Crippen LogP contribution in [0.25, 0.3) is 0 Å². The number of allylic oxidation sites excluding steroid dienone is 1. The summed E-state index contributed by atoms with van der Waals surface area (Å²) >= 11 is 0. The zero-order valence-electron chi connectivity index (χ0n) is 11.9. The minimum atomic E-state index is -0.358. The monoisotopic (exact) mass is 264 g/mol. The zero-order valence-corrected chi connectivity index (χ0v) is 11.9. The van der Waals surface area contributed by atoms with Crippen LogP contribution < -0.4 is 14.2 Å². The van der Waals surface area contributed by atoms with Gasteiger partial charge < -0.3 is 14.2 Å². The van der Waals surface area contributed by atoms with Crippen molar-refractivity contribution in [2.45, 2.75) is 26.7 Å². The molecule has 0 heterocycles. The Morgan fingerprint density at radius 3 is 2.16 bits per heavy atom. The molecule has 0 fully saturated rings. The molecule has 104 valence electrons. The third kappa shape index (κ3) is 4.32. The minimum Gasteiger partial charge on any atom is -0.493 e. The molecule has 0 aromatic heterocycles. The number of esters is 1. The van der Waals surface area contributed by atoms with Gasteiger partial charge in [-0.3, -0.25) is 4.79 Å². The van der Waals surface area contributed by atoms with E-state index < -0.39 is 0 Å². The van der Waals surface area contributed by atoms with Crippen molar-refractivity contribution in [3.8, 4) is 17.2 Å². The Morgan fingerprint density at radius 1 is 1.11 bits per heavy atom. The van der Waals surface area contributed by atoms with Crippen LogP contribution in [0.1, 0.15) is 25.8 Å². The van der Waals surface area contributed by atoms with E-state index in [1.54, 1.807) is 20.3 Å². The average Bonchev–Trinajstić information content (AvgIpc) is 2.35. The van der Waals surface area contributed by atoms with Crippen molar-refractivity contribution >= 4 is 5.97 Å². The summed E-state index contributed by atoms with van der Waals surface area (Å²) in [4.78, 5) is 11.1. The van der Waals surface area contributed by atoms with E-state index in [0.717, 1.165) is 24.0 Å². The fraction of sp³-hybridized carbons (Fsp3) is 0.400. The summed E-state index contributed by atoms with van der Waals surface area (Å²) in [5.41, 5.74) is 1.97. The molecular formula is C15H20O4. The van der Waals surface area contributed by atoms with E-state index in [-0.39, 0.29) is 5.97 Å². The van der Waals surface area contributed by atoms with Crippen molar-refractivity contribution in [2.24, 2.45) is 0 Å². The highest BCUT2D eigenvalue weighted by Gasteiger charge is 2.13. The first-order valence-corrected chi connectivity index (χ1v) is 6.05. The van der Waals surface area contributed by atoms with Gasteiger partial charge in [0.2, 0.25) is 0 Å². The Morgan fingerprint density at radius 2 is 1.68 bits per heavy atom. The lowest BCUT2D eigenvalue weighted by molar-refractivity contribution is -0.131. The van der Waals surface area contributed by atoms with Gasteiger partial charge >= 0.3 is 5.97 Å². The van der Waals surface area contributed by atoms with Crippen LogP contribution in [-0.4, -0.2) is 20.2 Å². The first kappa shape index (κ1) is 15.1. The summed E-state index contributed by atoms with van der Waals surface area (Å²) in [6.45, 7) is 7.21. The summed E-state index contributed by atoms with van der Waals surface area (Å²) < 4.78 is 15.7. The minimum absolute atomic E-state index is 0.358. The summed E-state index contributed by atoms with van der Waals surface area (Å²) in [5, 5.41) is 0. The van der Waals surface area contributed by atoms with Crippen LogP contribution in [0, 0.1) is 0 Å². The average molecular weight is 264 g/mol. The van der Waals surface area contributed by atoms with Crippen LogP contribution >= 0.6 is 0 Å². The van der Waals surface area contributed by atoms with Crippen molar-refractivity contribution in [1.82, 2.24) is 0 Å². The highest BCUT2D eigenvalue weighted by atomic mass is 16.5. The Labute approximate surface area is 114 Å². The Bertz CT molecular complexity index is 477. The molecular weight excluding hydrogens is 244 g/mol. The van der Waals surface area contributed by atoms with E-state index in [9.17, 15) is 4.79 Å². The molecule has 0 aliphatic rings. The summed E-state index contributed by atoms with van der Waals surface area (Å²) in [7, 11) is 3.12. The maximum absolute atomic E-state index is 11.1. The molecule has 0 unspecified atom stereocenters. The predicted molar refractivity (Wildman–Crippen MR) is 74.0 cm³/mol. The molecule has 1 rings (SSSR count). The van der Waals surface area contributed by atoms with Gasteiger partial charge in [0.15, 0.2) is 11.5 Å². The van der Waals surface area contributed by atoms with Gasteiger partial charge in [0, 0.05) is 13.0 Å². The standard InChI is InChI=1S/C15H20O4/c1-10(2)6-7-12-8-14(17-4)15(18-5)9-13(12)19-11(3)16/h8-9H,1,6-7H2,2-5H3. The van der Waals surface area contributed by atoms with Crippen LogP contribution in [0.4, 0.5) is 0 Å². The number of ether oxygens (including phenoxy) is 3. The largest absolute Gasteiger partial charge is 0.493 e. The van der Waals surface area contributed by atoms with E-state index in [4.69, 9.17) is 14.2 Å². The normalized spacial score (nSPS) is 9.89. The Kier molecular flexibility index (Phi) is 5.42. The molecule has 0 N–H and O–H groups in total. The van der Waals surface area contributed by atoms with Crippen LogP contribution in [0.2, 0.25) is 0 Å². The molecule has 0 saturated carbocycles. The maximum Gasteiger partial charge on any atom is 0.308 e. The third-order valence-electron chi connectivity index (χ3n) is 2.64. The van der Waals surface area contributed by atoms with Gasteiger partial charge in [-0.05, 0) is 31.4 Å². The summed E-state index contributed by atoms with van der Waals surface area (Å²) in [5.74, 6) is 1.31. The highest BCUT2D eigenvalue weighted by molar-refractivity contribution is 5.70. The lowest BCUT2D eigenvalue weighted by Crippen LogP contribution is -2.05. The SMILES string of the molecule is C=C(C)CCc1cc(OC)c(OC)cc1OC(C)=O. The topological polar surface area (TPSA) is 44.8 Å². The van der Waals surface area contributed by atoms with Crippen molar-refractivity contribution in [3.05, 3.63) is 29.8 Å². The number of carbonyl (C=O) groups is 1. The zero-order chi connectivity index (χ0) is 14.4. The Hall–Kier alpha value is -1.97. The number of aryl methyl sites for hydroxylation is 1. The molecule has 4 heteroatoms. The fourth-order valence-electron chi connectivity index (χ4n) is 1.70. The van der Waals surface area contributed by atoms with Gasteiger partial charge in [0.25, 0.3) is 0 Å². The molecule has 1 aromatic rings. The third-order valence-corrected chi connectivity index (χ3v) is 2.64. The quantitative estimate of drug-likeness (QED) is 0.450. The molecule has 0 aliphatic heterocycles. The number of carbonyl (C=O) groups excluding carboxylic acids is 1. The van der Waals surface area contributed by atoms with Crippen molar-refractivity contribution in [3.63, 3.8) is 0 Å². The molecule has 1 aromatic carbocycles.